The van der Waals surface area contributed by atoms with E-state index in [0.717, 1.165) is 59.1 Å². The van der Waals surface area contributed by atoms with Crippen LogP contribution in [-0.2, 0) is 11.3 Å². The third-order valence-electron chi connectivity index (χ3n) is 8.15. The number of amides is 1. The number of hydrogen-bond donors (Lipinski definition) is 3. The molecule has 41 heavy (non-hydrogen) atoms. The molecular weight excluding hydrogens is 512 g/mol. The average Bonchev–Trinajstić information content (AvgIpc) is 2.98. The second-order valence-electron chi connectivity index (χ2n) is 11.4. The minimum atomic E-state index is -0.290. The summed E-state index contributed by atoms with van der Waals surface area (Å²) in [6.45, 7) is 4.32. The number of anilines is 2. The lowest BCUT2D eigenvalue weighted by molar-refractivity contribution is -0.791. The van der Waals surface area contributed by atoms with Crippen LogP contribution in [0.1, 0.15) is 55.2 Å². The Bertz CT molecular complexity index is 1480. The van der Waals surface area contributed by atoms with Crippen LogP contribution >= 0.6 is 0 Å². The van der Waals surface area contributed by atoms with Gasteiger partial charge in [-0.2, -0.15) is 4.98 Å². The number of carbonyl (C=O) groups is 1. The van der Waals surface area contributed by atoms with Crippen LogP contribution in [0.4, 0.5) is 17.5 Å². The maximum absolute atomic E-state index is 13.1. The van der Waals surface area contributed by atoms with Crippen molar-refractivity contribution in [2.75, 3.05) is 24.3 Å². The van der Waals surface area contributed by atoms with Gasteiger partial charge in [-0.1, -0.05) is 48.5 Å². The van der Waals surface area contributed by atoms with E-state index in [9.17, 15) is 10.0 Å². The van der Waals surface area contributed by atoms with E-state index in [4.69, 9.17) is 9.97 Å². The number of para-hydroxylation sites is 1. The molecule has 3 N–H and O–H groups in total. The van der Waals surface area contributed by atoms with Gasteiger partial charge in [0, 0.05) is 37.1 Å². The van der Waals surface area contributed by atoms with E-state index in [-0.39, 0.29) is 29.0 Å². The number of nitrogens with zero attached hydrogens (tertiary/aromatic N) is 3. The molecule has 0 spiro atoms. The zero-order valence-electron chi connectivity index (χ0n) is 24.4. The van der Waals surface area contributed by atoms with E-state index in [0.29, 0.717) is 18.2 Å². The SMILES string of the molecule is Cc1ccccc1C[NH+]([O-])c1ccc(C(C)C(=O)NC2CCC(Nc3nc(N(C)C)c4ccccc4n3)CC2)cc1. The van der Waals surface area contributed by atoms with Gasteiger partial charge in [-0.15, -0.1) is 0 Å². The maximum Gasteiger partial charge on any atom is 0.227 e. The number of fused-ring (bicyclic) bond motifs is 1. The van der Waals surface area contributed by atoms with Gasteiger partial charge in [-0.3, -0.25) is 4.79 Å². The molecule has 3 aromatic carbocycles. The number of hydroxylamine groups is 1. The molecule has 1 amide bonds. The third kappa shape index (κ3) is 6.84. The summed E-state index contributed by atoms with van der Waals surface area (Å²) >= 11 is 0. The van der Waals surface area contributed by atoms with E-state index in [2.05, 4.69) is 10.6 Å². The highest BCUT2D eigenvalue weighted by molar-refractivity contribution is 5.90. The molecule has 1 aliphatic carbocycles. The molecule has 1 aliphatic rings. The summed E-state index contributed by atoms with van der Waals surface area (Å²) in [7, 11) is 3.99. The molecule has 8 heteroatoms. The Balaban J connectivity index is 1.12. The zero-order valence-corrected chi connectivity index (χ0v) is 24.4. The lowest BCUT2D eigenvalue weighted by atomic mass is 9.90. The first kappa shape index (κ1) is 28.5. The van der Waals surface area contributed by atoms with Crippen molar-refractivity contribution in [1.29, 1.82) is 0 Å². The Morgan fingerprint density at radius 1 is 0.951 bits per heavy atom. The monoisotopic (exact) mass is 552 g/mol. The van der Waals surface area contributed by atoms with Crippen LogP contribution in [0.3, 0.4) is 0 Å². The fraction of sp³-hybridized carbons (Fsp3) is 0.364. The number of nitrogens with one attached hydrogen (secondary N) is 3. The van der Waals surface area contributed by atoms with E-state index in [1.807, 2.05) is 106 Å². The van der Waals surface area contributed by atoms with Crippen molar-refractivity contribution in [1.82, 2.24) is 15.3 Å². The Kier molecular flexibility index (Phi) is 8.81. The normalized spacial score (nSPS) is 18.5. The number of quaternary nitrogens is 1. The van der Waals surface area contributed by atoms with Gasteiger partial charge < -0.3 is 25.8 Å². The molecule has 1 fully saturated rings. The van der Waals surface area contributed by atoms with E-state index < -0.39 is 0 Å². The molecule has 0 aliphatic heterocycles. The Morgan fingerprint density at radius 3 is 2.32 bits per heavy atom. The molecule has 2 atom stereocenters. The van der Waals surface area contributed by atoms with Crippen LogP contribution in [0.2, 0.25) is 0 Å². The summed E-state index contributed by atoms with van der Waals surface area (Å²) < 4.78 is 0. The van der Waals surface area contributed by atoms with Gasteiger partial charge in [0.25, 0.3) is 0 Å². The predicted octanol–water partition coefficient (Wildman–Crippen LogP) is 4.86. The predicted molar refractivity (Wildman–Crippen MR) is 165 cm³/mol. The minimum absolute atomic E-state index is 0.0221. The van der Waals surface area contributed by atoms with Crippen molar-refractivity contribution >= 4 is 34.3 Å². The van der Waals surface area contributed by atoms with Gasteiger partial charge in [-0.25, -0.2) is 4.98 Å². The number of hydrogen-bond acceptors (Lipinski definition) is 6. The van der Waals surface area contributed by atoms with Crippen LogP contribution < -0.4 is 20.6 Å². The maximum atomic E-state index is 13.1. The van der Waals surface area contributed by atoms with Crippen molar-refractivity contribution in [3.05, 3.63) is 94.7 Å². The molecule has 5 rings (SSSR count). The molecule has 1 aromatic heterocycles. The average molecular weight is 553 g/mol. The molecule has 0 bridgehead atoms. The number of aromatic nitrogens is 2. The summed E-state index contributed by atoms with van der Waals surface area (Å²) in [6.07, 6.45) is 3.67. The number of rotatable bonds is 9. The van der Waals surface area contributed by atoms with Gasteiger partial charge in [0.1, 0.15) is 18.1 Å². The third-order valence-corrected chi connectivity index (χ3v) is 8.15. The largest absolute Gasteiger partial charge is 0.629 e. The molecule has 0 saturated heterocycles. The van der Waals surface area contributed by atoms with Crippen molar-refractivity contribution in [3.8, 4) is 0 Å². The smallest absolute Gasteiger partial charge is 0.227 e. The van der Waals surface area contributed by atoms with E-state index in [1.54, 1.807) is 0 Å². The van der Waals surface area contributed by atoms with Crippen LogP contribution in [-0.4, -0.2) is 42.1 Å². The van der Waals surface area contributed by atoms with Gasteiger partial charge in [0.05, 0.1) is 11.4 Å². The molecule has 1 heterocycles. The number of carbonyl (C=O) groups excluding carboxylic acids is 1. The van der Waals surface area contributed by atoms with Crippen molar-refractivity contribution in [2.24, 2.45) is 0 Å². The molecule has 1 saturated carbocycles. The second kappa shape index (κ2) is 12.7. The number of benzene rings is 3. The molecule has 4 aromatic rings. The zero-order chi connectivity index (χ0) is 28.9. The summed E-state index contributed by atoms with van der Waals surface area (Å²) in [6, 6.07) is 23.9. The molecule has 8 nitrogen and oxygen atoms in total. The topological polar surface area (TPSA) is 97.6 Å². The Labute approximate surface area is 242 Å². The van der Waals surface area contributed by atoms with Crippen LogP contribution in [0.15, 0.2) is 72.8 Å². The first-order valence-corrected chi connectivity index (χ1v) is 14.5. The van der Waals surface area contributed by atoms with Crippen LogP contribution in [0, 0.1) is 12.1 Å². The summed E-state index contributed by atoms with van der Waals surface area (Å²) in [5, 5.41) is 20.7. The Hall–Kier alpha value is -4.01. The lowest BCUT2D eigenvalue weighted by Crippen LogP contribution is -3.00. The lowest BCUT2D eigenvalue weighted by Gasteiger charge is -2.30. The fourth-order valence-corrected chi connectivity index (χ4v) is 5.55. The quantitative estimate of drug-likeness (QED) is 0.257. The highest BCUT2D eigenvalue weighted by Crippen LogP contribution is 2.27. The molecule has 2 unspecified atom stereocenters. The summed E-state index contributed by atoms with van der Waals surface area (Å²) in [4.78, 5) is 24.6. The van der Waals surface area contributed by atoms with Gasteiger partial charge in [0.15, 0.2) is 0 Å². The van der Waals surface area contributed by atoms with Crippen LogP contribution in [0.25, 0.3) is 10.9 Å². The first-order chi connectivity index (χ1) is 19.8. The van der Waals surface area contributed by atoms with Crippen molar-refractivity contribution in [2.45, 2.75) is 64.1 Å². The Morgan fingerprint density at radius 2 is 1.61 bits per heavy atom. The molecule has 214 valence electrons. The second-order valence-corrected chi connectivity index (χ2v) is 11.4. The van der Waals surface area contributed by atoms with E-state index in [1.165, 1.54) is 0 Å². The molecule has 0 radical (unpaired) electrons. The molecular formula is C33H40N6O2. The van der Waals surface area contributed by atoms with Crippen molar-refractivity contribution in [3.63, 3.8) is 0 Å². The summed E-state index contributed by atoms with van der Waals surface area (Å²) in [5.74, 6) is 1.28. The van der Waals surface area contributed by atoms with Crippen LogP contribution in [0.5, 0.6) is 0 Å². The van der Waals surface area contributed by atoms with Gasteiger partial charge in [-0.05, 0) is 74.9 Å². The fourth-order valence-electron chi connectivity index (χ4n) is 5.55. The van der Waals surface area contributed by atoms with Gasteiger partial charge in [0.2, 0.25) is 11.9 Å². The standard InChI is InChI=1S/C33H40N6O2/c1-22-9-5-6-10-25(22)21-39(41)28-19-13-24(14-20-28)23(2)32(40)34-26-15-17-27(18-16-26)35-33-36-30-12-8-7-11-29(30)31(37-33)38(3)4/h5-14,19-20,23,26-27,39H,15-18,21H2,1-4H3,(H,34,40)(H,35,36,37). The number of aryl methyl sites for hydroxylation is 1. The van der Waals surface area contributed by atoms with Crippen molar-refractivity contribution < 1.29 is 9.86 Å². The van der Waals surface area contributed by atoms with E-state index >= 15 is 0 Å². The minimum Gasteiger partial charge on any atom is -0.629 e. The summed E-state index contributed by atoms with van der Waals surface area (Å²) in [5.41, 5.74) is 4.67. The van der Waals surface area contributed by atoms with Gasteiger partial charge >= 0.3 is 0 Å². The highest BCUT2D eigenvalue weighted by atomic mass is 16.5. The highest BCUT2D eigenvalue weighted by Gasteiger charge is 2.25. The first-order valence-electron chi connectivity index (χ1n) is 14.5.